The van der Waals surface area contributed by atoms with E-state index in [1.165, 1.54) is 6.92 Å². The lowest BCUT2D eigenvalue weighted by molar-refractivity contribution is 0.151. The van der Waals surface area contributed by atoms with Gasteiger partial charge in [0.1, 0.15) is 0 Å². The largest absolute Gasteiger partial charge is 0.392 e. The Balaban J connectivity index is 2.36. The number of aliphatic hydroxyl groups excluding tert-OH is 1. The van der Waals surface area contributed by atoms with Crippen molar-refractivity contribution in [1.82, 2.24) is 4.31 Å². The minimum Gasteiger partial charge on any atom is -0.392 e. The van der Waals surface area contributed by atoms with E-state index in [0.717, 1.165) is 9.87 Å². The van der Waals surface area contributed by atoms with Crippen LogP contribution in [0.25, 0.3) is 0 Å². The summed E-state index contributed by atoms with van der Waals surface area (Å²) in [6.45, 7) is 5.42. The number of hydrogen-bond donors (Lipinski definition) is 1. The summed E-state index contributed by atoms with van der Waals surface area (Å²) in [5.74, 6) is 0.0778. The van der Waals surface area contributed by atoms with E-state index in [0.29, 0.717) is 0 Å². The quantitative estimate of drug-likeness (QED) is 0.811. The van der Waals surface area contributed by atoms with Crippen LogP contribution in [0.3, 0.4) is 0 Å². The van der Waals surface area contributed by atoms with Gasteiger partial charge in [-0.3, -0.25) is 0 Å². The average Bonchev–Trinajstić information content (AvgIpc) is 2.84. The Morgan fingerprint density at radius 2 is 1.79 bits per heavy atom. The van der Waals surface area contributed by atoms with Crippen LogP contribution in [-0.4, -0.2) is 56.4 Å². The average molecular weight is 376 g/mol. The molecule has 0 aromatic heterocycles. The van der Waals surface area contributed by atoms with Crippen LogP contribution in [0.15, 0.2) is 29.2 Å². The van der Waals surface area contributed by atoms with Gasteiger partial charge >= 0.3 is 0 Å². The molecule has 6 nitrogen and oxygen atoms in total. The fraction of sp³-hybridized carbons (Fsp3) is 0.625. The predicted octanol–water partition coefficient (Wildman–Crippen LogP) is 1.37. The number of benzene rings is 1. The Bertz CT molecular complexity index is 767. The zero-order valence-electron chi connectivity index (χ0n) is 14.2. The summed E-state index contributed by atoms with van der Waals surface area (Å²) in [5, 5.41) is 9.68. The van der Waals surface area contributed by atoms with Crippen LogP contribution < -0.4 is 0 Å². The second-order valence-corrected chi connectivity index (χ2v) is 10.8. The Hall–Kier alpha value is -0.960. The summed E-state index contributed by atoms with van der Waals surface area (Å²) >= 11 is 0. The monoisotopic (exact) mass is 375 g/mol. The van der Waals surface area contributed by atoms with E-state index in [9.17, 15) is 21.9 Å². The van der Waals surface area contributed by atoms with Gasteiger partial charge in [0.2, 0.25) is 10.0 Å². The van der Waals surface area contributed by atoms with E-state index in [-0.39, 0.29) is 35.3 Å². The van der Waals surface area contributed by atoms with Crippen LogP contribution in [0, 0.1) is 0 Å². The molecule has 0 bridgehead atoms. The molecule has 0 saturated carbocycles. The molecule has 8 heteroatoms. The van der Waals surface area contributed by atoms with Gasteiger partial charge in [0.25, 0.3) is 0 Å². The minimum atomic E-state index is -3.86. The van der Waals surface area contributed by atoms with Gasteiger partial charge in [-0.25, -0.2) is 16.8 Å². The summed E-state index contributed by atoms with van der Waals surface area (Å²) in [7, 11) is -7.09. The molecular weight excluding hydrogens is 350 g/mol. The number of nitrogens with zero attached hydrogens (tertiary/aromatic N) is 1. The van der Waals surface area contributed by atoms with Gasteiger partial charge in [-0.05, 0) is 37.0 Å². The third-order valence-corrected chi connectivity index (χ3v) is 7.90. The standard InChI is InChI=1S/C16H25NO5S2/c1-12(2)14-4-6-16(7-5-14)24(21,22)17(10-13(3)18)15-8-9-23(19,20)11-15/h4-7,12-13,15,18H,8-11H2,1-3H3/t13-,15-/m1/s1. The van der Waals surface area contributed by atoms with Gasteiger partial charge < -0.3 is 5.11 Å². The Labute approximate surface area is 144 Å². The Morgan fingerprint density at radius 1 is 1.21 bits per heavy atom. The molecule has 24 heavy (non-hydrogen) atoms. The van der Waals surface area contributed by atoms with E-state index >= 15 is 0 Å². The van der Waals surface area contributed by atoms with E-state index in [2.05, 4.69) is 0 Å². The van der Waals surface area contributed by atoms with E-state index in [1.807, 2.05) is 13.8 Å². The highest BCUT2D eigenvalue weighted by Gasteiger charge is 2.39. The van der Waals surface area contributed by atoms with Crippen molar-refractivity contribution in [1.29, 1.82) is 0 Å². The first-order valence-electron chi connectivity index (χ1n) is 8.03. The zero-order chi connectivity index (χ0) is 18.1. The number of hydrogen-bond acceptors (Lipinski definition) is 5. The molecule has 1 aromatic rings. The number of sulfone groups is 1. The molecule has 0 amide bonds. The third kappa shape index (κ3) is 4.36. The van der Waals surface area contributed by atoms with Gasteiger partial charge in [0.15, 0.2) is 9.84 Å². The van der Waals surface area contributed by atoms with Crippen molar-refractivity contribution in [3.8, 4) is 0 Å². The molecular formula is C16H25NO5S2. The lowest BCUT2D eigenvalue weighted by Crippen LogP contribution is -2.44. The first kappa shape index (κ1) is 19.4. The summed E-state index contributed by atoms with van der Waals surface area (Å²) in [5.41, 5.74) is 1.03. The zero-order valence-corrected chi connectivity index (χ0v) is 15.8. The van der Waals surface area contributed by atoms with Crippen LogP contribution in [0.1, 0.15) is 38.7 Å². The van der Waals surface area contributed by atoms with Crippen molar-refractivity contribution in [2.75, 3.05) is 18.1 Å². The Kier molecular flexibility index (Phi) is 5.74. The van der Waals surface area contributed by atoms with Gasteiger partial charge in [-0.1, -0.05) is 26.0 Å². The summed E-state index contributed by atoms with van der Waals surface area (Å²) in [6.07, 6.45) is -0.615. The van der Waals surface area contributed by atoms with E-state index < -0.39 is 32.0 Å². The fourth-order valence-corrected chi connectivity index (χ4v) is 6.43. The highest BCUT2D eigenvalue weighted by molar-refractivity contribution is 7.92. The van der Waals surface area contributed by atoms with Crippen LogP contribution in [0.4, 0.5) is 0 Å². The van der Waals surface area contributed by atoms with Crippen molar-refractivity contribution in [3.05, 3.63) is 29.8 Å². The Morgan fingerprint density at radius 3 is 2.21 bits per heavy atom. The van der Waals surface area contributed by atoms with Gasteiger partial charge in [-0.2, -0.15) is 4.31 Å². The molecule has 1 fully saturated rings. The van der Waals surface area contributed by atoms with Crippen molar-refractivity contribution >= 4 is 19.9 Å². The molecule has 1 heterocycles. The highest BCUT2D eigenvalue weighted by atomic mass is 32.2. The van der Waals surface area contributed by atoms with Crippen molar-refractivity contribution in [2.24, 2.45) is 0 Å². The highest BCUT2D eigenvalue weighted by Crippen LogP contribution is 2.26. The molecule has 1 saturated heterocycles. The lowest BCUT2D eigenvalue weighted by Gasteiger charge is -2.28. The van der Waals surface area contributed by atoms with Crippen molar-refractivity contribution < 1.29 is 21.9 Å². The number of sulfonamides is 1. The third-order valence-electron chi connectivity index (χ3n) is 4.21. The summed E-state index contributed by atoms with van der Waals surface area (Å²) in [4.78, 5) is 0.122. The molecule has 2 rings (SSSR count). The van der Waals surface area contributed by atoms with Crippen LogP contribution >= 0.6 is 0 Å². The van der Waals surface area contributed by atoms with Crippen molar-refractivity contribution in [3.63, 3.8) is 0 Å². The molecule has 2 atom stereocenters. The molecule has 0 spiro atoms. The first-order chi connectivity index (χ1) is 11.0. The molecule has 0 radical (unpaired) electrons. The van der Waals surface area contributed by atoms with Crippen LogP contribution in [0.5, 0.6) is 0 Å². The molecule has 1 aliphatic heterocycles. The van der Waals surface area contributed by atoms with Gasteiger partial charge in [0.05, 0.1) is 22.5 Å². The molecule has 136 valence electrons. The molecule has 0 unspecified atom stereocenters. The number of aliphatic hydroxyl groups is 1. The molecule has 0 aliphatic carbocycles. The maximum atomic E-state index is 13.0. The smallest absolute Gasteiger partial charge is 0.243 e. The number of rotatable bonds is 6. The topological polar surface area (TPSA) is 91.8 Å². The SMILES string of the molecule is CC(C)c1ccc(S(=O)(=O)N(C[C@@H](C)O)[C@@H]2CCS(=O)(=O)C2)cc1. The lowest BCUT2D eigenvalue weighted by atomic mass is 10.0. The second kappa shape index (κ2) is 7.11. The summed E-state index contributed by atoms with van der Waals surface area (Å²) in [6, 6.07) is 6.00. The molecule has 1 aliphatic rings. The predicted molar refractivity (Wildman–Crippen MR) is 93.2 cm³/mol. The van der Waals surface area contributed by atoms with Gasteiger partial charge in [0, 0.05) is 12.6 Å². The minimum absolute atomic E-state index is 0.0181. The van der Waals surface area contributed by atoms with Crippen LogP contribution in [0.2, 0.25) is 0 Å². The second-order valence-electron chi connectivity index (χ2n) is 6.70. The summed E-state index contributed by atoms with van der Waals surface area (Å²) < 4.78 is 50.5. The van der Waals surface area contributed by atoms with Crippen molar-refractivity contribution in [2.45, 2.75) is 50.2 Å². The maximum Gasteiger partial charge on any atom is 0.243 e. The maximum absolute atomic E-state index is 13.0. The normalized spacial score (nSPS) is 22.2. The molecule has 1 N–H and O–H groups in total. The molecule has 1 aromatic carbocycles. The van der Waals surface area contributed by atoms with E-state index in [4.69, 9.17) is 0 Å². The van der Waals surface area contributed by atoms with Gasteiger partial charge in [-0.15, -0.1) is 0 Å². The fourth-order valence-electron chi connectivity index (χ4n) is 2.87. The van der Waals surface area contributed by atoms with E-state index in [1.54, 1.807) is 24.3 Å². The first-order valence-corrected chi connectivity index (χ1v) is 11.3. The van der Waals surface area contributed by atoms with Crippen LogP contribution in [-0.2, 0) is 19.9 Å².